The Hall–Kier alpha value is -2.04. The molecule has 6 fully saturated rings. The maximum Gasteiger partial charge on any atom is 0.119 e. The van der Waals surface area contributed by atoms with Gasteiger partial charge in [-0.05, 0) is 92.7 Å². The SMILES string of the molecule is COc1ccc(C)c([C@]23CC4CN(CC5CC5)[C@H]4[C@]24CC[C@@](Nc2ccccc2)(CO4)C3)c1. The Bertz CT molecular complexity index is 1060. The summed E-state index contributed by atoms with van der Waals surface area (Å²) in [5, 5.41) is 3.97. The molecule has 3 aliphatic carbocycles. The lowest BCUT2D eigenvalue weighted by atomic mass is 9.53. The molecule has 2 aromatic carbocycles. The fraction of sp³-hybridized carbons (Fsp3) is 0.586. The molecule has 6 aliphatic rings. The number of benzene rings is 2. The van der Waals surface area contributed by atoms with Gasteiger partial charge in [-0.3, -0.25) is 4.90 Å². The number of para-hydroxylation sites is 1. The van der Waals surface area contributed by atoms with E-state index in [9.17, 15) is 0 Å². The highest BCUT2D eigenvalue weighted by molar-refractivity contribution is 5.52. The van der Waals surface area contributed by atoms with Crippen molar-refractivity contribution in [1.82, 2.24) is 4.90 Å². The van der Waals surface area contributed by atoms with Crippen molar-refractivity contribution in [2.75, 3.05) is 32.1 Å². The van der Waals surface area contributed by atoms with Crippen LogP contribution in [0.2, 0.25) is 0 Å². The molecular formula is C29H36N2O2. The maximum atomic E-state index is 7.17. The largest absolute Gasteiger partial charge is 0.497 e. The topological polar surface area (TPSA) is 33.7 Å². The van der Waals surface area contributed by atoms with E-state index >= 15 is 0 Å². The Morgan fingerprint density at radius 1 is 1.12 bits per heavy atom. The third-order valence-electron chi connectivity index (χ3n) is 9.76. The van der Waals surface area contributed by atoms with Crippen molar-refractivity contribution in [3.63, 3.8) is 0 Å². The number of aryl methyl sites for hydroxylation is 1. The highest BCUT2D eigenvalue weighted by Gasteiger charge is 2.76. The Morgan fingerprint density at radius 3 is 2.70 bits per heavy atom. The highest BCUT2D eigenvalue weighted by atomic mass is 16.5. The summed E-state index contributed by atoms with van der Waals surface area (Å²) < 4.78 is 12.9. The average molecular weight is 445 g/mol. The lowest BCUT2D eigenvalue weighted by Gasteiger charge is -2.65. The summed E-state index contributed by atoms with van der Waals surface area (Å²) in [6.45, 7) is 5.65. The first-order valence-electron chi connectivity index (χ1n) is 12.9. The van der Waals surface area contributed by atoms with Crippen molar-refractivity contribution in [2.45, 2.75) is 68.0 Å². The summed E-state index contributed by atoms with van der Waals surface area (Å²) in [5.74, 6) is 2.66. The molecule has 5 atom stereocenters. The smallest absolute Gasteiger partial charge is 0.119 e. The van der Waals surface area contributed by atoms with E-state index in [4.69, 9.17) is 9.47 Å². The zero-order valence-corrected chi connectivity index (χ0v) is 20.0. The second kappa shape index (κ2) is 6.99. The van der Waals surface area contributed by atoms with E-state index in [1.807, 2.05) is 0 Å². The minimum absolute atomic E-state index is 0.0102. The molecule has 0 amide bonds. The molecule has 2 bridgehead atoms. The lowest BCUT2D eigenvalue weighted by molar-refractivity contribution is -0.222. The van der Waals surface area contributed by atoms with E-state index in [2.05, 4.69) is 65.7 Å². The third-order valence-corrected chi connectivity index (χ3v) is 9.76. The van der Waals surface area contributed by atoms with Crippen molar-refractivity contribution in [1.29, 1.82) is 0 Å². The van der Waals surface area contributed by atoms with Gasteiger partial charge in [0.15, 0.2) is 0 Å². The third kappa shape index (κ3) is 2.83. The van der Waals surface area contributed by atoms with Gasteiger partial charge in [0, 0.05) is 30.2 Å². The van der Waals surface area contributed by atoms with Crippen LogP contribution in [0, 0.1) is 18.8 Å². The van der Waals surface area contributed by atoms with Gasteiger partial charge in [-0.1, -0.05) is 24.3 Å². The molecule has 1 spiro atoms. The van der Waals surface area contributed by atoms with Gasteiger partial charge in [0.05, 0.1) is 24.9 Å². The molecule has 174 valence electrons. The zero-order valence-electron chi connectivity index (χ0n) is 20.0. The number of likely N-dealkylation sites (tertiary alicyclic amines) is 1. The molecule has 8 rings (SSSR count). The second-order valence-electron chi connectivity index (χ2n) is 11.7. The quantitative estimate of drug-likeness (QED) is 0.667. The van der Waals surface area contributed by atoms with Gasteiger partial charge in [-0.2, -0.15) is 0 Å². The second-order valence-corrected chi connectivity index (χ2v) is 11.7. The van der Waals surface area contributed by atoms with Crippen LogP contribution in [0.4, 0.5) is 5.69 Å². The minimum Gasteiger partial charge on any atom is -0.497 e. The Morgan fingerprint density at radius 2 is 1.97 bits per heavy atom. The van der Waals surface area contributed by atoms with E-state index in [0.29, 0.717) is 6.04 Å². The van der Waals surface area contributed by atoms with Crippen LogP contribution in [0.25, 0.3) is 0 Å². The molecule has 1 unspecified atom stereocenters. The van der Waals surface area contributed by atoms with E-state index in [1.54, 1.807) is 7.11 Å². The van der Waals surface area contributed by atoms with Crippen LogP contribution in [-0.4, -0.2) is 48.9 Å². The average Bonchev–Trinajstić information content (AvgIpc) is 3.61. The van der Waals surface area contributed by atoms with Crippen LogP contribution in [0.3, 0.4) is 0 Å². The minimum atomic E-state index is -0.0674. The number of hydrogen-bond donors (Lipinski definition) is 1. The van der Waals surface area contributed by atoms with Crippen molar-refractivity contribution >= 4 is 5.69 Å². The molecule has 1 N–H and O–H groups in total. The van der Waals surface area contributed by atoms with Gasteiger partial charge < -0.3 is 14.8 Å². The predicted octanol–water partition coefficient (Wildman–Crippen LogP) is 5.16. The maximum absolute atomic E-state index is 7.17. The van der Waals surface area contributed by atoms with Gasteiger partial charge in [-0.15, -0.1) is 0 Å². The van der Waals surface area contributed by atoms with Crippen molar-refractivity contribution in [3.05, 3.63) is 59.7 Å². The molecule has 3 heterocycles. The van der Waals surface area contributed by atoms with Gasteiger partial charge in [0.1, 0.15) is 5.75 Å². The monoisotopic (exact) mass is 444 g/mol. The molecule has 4 heteroatoms. The van der Waals surface area contributed by atoms with Crippen LogP contribution in [0.15, 0.2) is 48.5 Å². The normalized spacial score (nSPS) is 39.0. The van der Waals surface area contributed by atoms with Gasteiger partial charge in [0.2, 0.25) is 0 Å². The van der Waals surface area contributed by atoms with Crippen molar-refractivity contribution < 1.29 is 9.47 Å². The van der Waals surface area contributed by atoms with E-state index in [1.165, 1.54) is 55.6 Å². The van der Waals surface area contributed by atoms with Crippen LogP contribution < -0.4 is 10.1 Å². The van der Waals surface area contributed by atoms with Crippen LogP contribution in [-0.2, 0) is 10.2 Å². The van der Waals surface area contributed by atoms with Gasteiger partial charge in [-0.25, -0.2) is 0 Å². The number of rotatable bonds is 6. The molecular weight excluding hydrogens is 408 g/mol. The van der Waals surface area contributed by atoms with E-state index in [-0.39, 0.29) is 16.6 Å². The van der Waals surface area contributed by atoms with Crippen LogP contribution in [0.5, 0.6) is 5.75 Å². The molecule has 3 saturated carbocycles. The van der Waals surface area contributed by atoms with Crippen molar-refractivity contribution in [3.8, 4) is 5.75 Å². The molecule has 3 saturated heterocycles. The first-order chi connectivity index (χ1) is 16.1. The molecule has 4 nitrogen and oxygen atoms in total. The Labute approximate surface area is 197 Å². The molecule has 33 heavy (non-hydrogen) atoms. The van der Waals surface area contributed by atoms with Gasteiger partial charge >= 0.3 is 0 Å². The number of anilines is 1. The molecule has 3 aliphatic heterocycles. The van der Waals surface area contributed by atoms with Crippen molar-refractivity contribution in [2.24, 2.45) is 11.8 Å². The van der Waals surface area contributed by atoms with E-state index in [0.717, 1.165) is 37.0 Å². The number of methoxy groups -OCH3 is 1. The van der Waals surface area contributed by atoms with E-state index < -0.39 is 0 Å². The molecule has 0 aromatic heterocycles. The Balaban J connectivity index is 1.33. The summed E-state index contributed by atoms with van der Waals surface area (Å²) in [4.78, 5) is 2.81. The number of nitrogens with zero attached hydrogens (tertiary/aromatic N) is 1. The summed E-state index contributed by atoms with van der Waals surface area (Å²) in [6.07, 6.45) is 7.56. The standard InChI is InChI=1S/C29H36N2O2/c1-20-8-11-24(32-2)14-25(20)28-15-22-17-31(16-21-9-10-21)26(22)29(28)13-12-27(18-28,19-33-29)30-23-6-4-3-5-7-23/h3-8,11,14,21-22,26,30H,9-10,12-13,15-19H2,1-2H3/t22?,26-,27+,28-,29-/m1/s1. The Kier molecular flexibility index (Phi) is 4.31. The predicted molar refractivity (Wildman–Crippen MR) is 131 cm³/mol. The van der Waals surface area contributed by atoms with Crippen LogP contribution in [0.1, 0.15) is 49.7 Å². The fourth-order valence-electron chi connectivity index (χ4n) is 8.28. The summed E-state index contributed by atoms with van der Waals surface area (Å²) in [5.41, 5.74) is 4.03. The fourth-order valence-corrected chi connectivity index (χ4v) is 8.28. The van der Waals surface area contributed by atoms with Crippen LogP contribution >= 0.6 is 0 Å². The highest BCUT2D eigenvalue weighted by Crippen LogP contribution is 2.69. The first kappa shape index (κ1) is 20.3. The number of ether oxygens (including phenoxy) is 2. The molecule has 0 radical (unpaired) electrons. The van der Waals surface area contributed by atoms with Gasteiger partial charge in [0.25, 0.3) is 0 Å². The number of nitrogens with one attached hydrogen (secondary N) is 1. The first-order valence-corrected chi connectivity index (χ1v) is 12.9. The summed E-state index contributed by atoms with van der Waals surface area (Å²) >= 11 is 0. The number of hydrogen-bond acceptors (Lipinski definition) is 4. The molecule has 2 aromatic rings. The zero-order chi connectivity index (χ0) is 22.3. The summed E-state index contributed by atoms with van der Waals surface area (Å²) in [7, 11) is 1.79. The number of fused-ring (bicyclic) bond motifs is 3. The lowest BCUT2D eigenvalue weighted by Crippen LogP contribution is -2.75. The summed E-state index contributed by atoms with van der Waals surface area (Å²) in [6, 6.07) is 18.0.